The lowest BCUT2D eigenvalue weighted by Gasteiger charge is -2.16. The zero-order valence-corrected chi connectivity index (χ0v) is 11.0. The maximum atomic E-state index is 12.1. The average Bonchev–Trinajstić information content (AvgIpc) is 2.35. The van der Waals surface area contributed by atoms with E-state index in [1.54, 1.807) is 7.05 Å². The highest BCUT2D eigenvalue weighted by molar-refractivity contribution is 7.89. The number of nitrogens with one attached hydrogen (secondary N) is 1. The highest BCUT2D eigenvalue weighted by Gasteiger charge is 2.20. The number of nitrogens with zero attached hydrogens (tertiary/aromatic N) is 2. The van der Waals surface area contributed by atoms with Crippen LogP contribution < -0.4 is 10.1 Å². The van der Waals surface area contributed by atoms with Gasteiger partial charge in [0, 0.05) is 26.2 Å². The van der Waals surface area contributed by atoms with E-state index >= 15 is 0 Å². The van der Waals surface area contributed by atoms with Crippen LogP contribution >= 0.6 is 0 Å². The van der Waals surface area contributed by atoms with E-state index in [0.29, 0.717) is 19.0 Å². The number of aromatic nitrogens is 1. The van der Waals surface area contributed by atoms with Gasteiger partial charge in [0.1, 0.15) is 4.90 Å². The molecular weight excluding hydrogens is 242 g/mol. The van der Waals surface area contributed by atoms with Gasteiger partial charge in [-0.3, -0.25) is 0 Å². The molecule has 7 heteroatoms. The van der Waals surface area contributed by atoms with Crippen molar-refractivity contribution in [2.75, 3.05) is 34.3 Å². The summed E-state index contributed by atoms with van der Waals surface area (Å²) in [6.45, 7) is 1.00. The van der Waals surface area contributed by atoms with Gasteiger partial charge >= 0.3 is 0 Å². The van der Waals surface area contributed by atoms with Gasteiger partial charge in [-0.25, -0.2) is 13.4 Å². The fourth-order valence-electron chi connectivity index (χ4n) is 1.21. The zero-order chi connectivity index (χ0) is 12.9. The summed E-state index contributed by atoms with van der Waals surface area (Å²) in [5.41, 5.74) is 0. The molecule has 96 valence electrons. The highest BCUT2D eigenvalue weighted by Crippen LogP contribution is 2.15. The molecule has 0 aliphatic carbocycles. The van der Waals surface area contributed by atoms with E-state index < -0.39 is 10.0 Å². The molecule has 0 radical (unpaired) electrons. The van der Waals surface area contributed by atoms with Gasteiger partial charge in [0.25, 0.3) is 0 Å². The van der Waals surface area contributed by atoms with Crippen LogP contribution in [0.25, 0.3) is 0 Å². The van der Waals surface area contributed by atoms with E-state index in [0.717, 1.165) is 0 Å². The second-order valence-corrected chi connectivity index (χ2v) is 5.51. The Balaban J connectivity index is 2.88. The molecule has 17 heavy (non-hydrogen) atoms. The third-order valence-electron chi connectivity index (χ3n) is 2.30. The molecule has 1 rings (SSSR count). The number of methoxy groups -OCH3 is 1. The van der Waals surface area contributed by atoms with Crippen molar-refractivity contribution in [1.82, 2.24) is 14.6 Å². The van der Waals surface area contributed by atoms with E-state index in [1.165, 1.54) is 36.8 Å². The van der Waals surface area contributed by atoms with Gasteiger partial charge in [-0.05, 0) is 13.1 Å². The summed E-state index contributed by atoms with van der Waals surface area (Å²) in [7, 11) is 1.33. The van der Waals surface area contributed by atoms with Crippen molar-refractivity contribution in [3.05, 3.63) is 18.3 Å². The second kappa shape index (κ2) is 5.95. The maximum absolute atomic E-state index is 12.1. The lowest BCUT2D eigenvalue weighted by molar-refractivity contribution is 0.397. The Kier molecular flexibility index (Phi) is 4.86. The zero-order valence-electron chi connectivity index (χ0n) is 10.2. The highest BCUT2D eigenvalue weighted by atomic mass is 32.2. The SMILES string of the molecule is CNCCN(C)S(=O)(=O)c1ccc(OC)nc1. The standard InChI is InChI=1S/C10H17N3O3S/c1-11-6-7-13(2)17(14,15)9-4-5-10(16-3)12-8-9/h4-5,8,11H,6-7H2,1-3H3. The Morgan fingerprint density at radius 3 is 2.65 bits per heavy atom. The molecule has 1 N–H and O–H groups in total. The first-order valence-corrected chi connectivity index (χ1v) is 6.57. The lowest BCUT2D eigenvalue weighted by atomic mass is 10.5. The number of hydrogen-bond acceptors (Lipinski definition) is 5. The molecule has 1 aromatic rings. The predicted octanol–water partition coefficient (Wildman–Crippen LogP) is -0.0699. The van der Waals surface area contributed by atoms with Crippen molar-refractivity contribution in [1.29, 1.82) is 0 Å². The summed E-state index contributed by atoms with van der Waals surface area (Å²) >= 11 is 0. The van der Waals surface area contributed by atoms with E-state index in [-0.39, 0.29) is 4.90 Å². The Bertz CT molecular complexity index is 444. The first-order chi connectivity index (χ1) is 8.02. The fraction of sp³-hybridized carbons (Fsp3) is 0.500. The third kappa shape index (κ3) is 3.39. The summed E-state index contributed by atoms with van der Waals surface area (Å²) in [6, 6.07) is 3.01. The first-order valence-electron chi connectivity index (χ1n) is 5.13. The molecule has 0 aliphatic rings. The Labute approximate surface area is 102 Å². The molecule has 0 saturated heterocycles. The Morgan fingerprint density at radius 2 is 2.18 bits per heavy atom. The number of likely N-dealkylation sites (N-methyl/N-ethyl adjacent to an activating group) is 2. The van der Waals surface area contributed by atoms with Crippen LogP contribution in [0, 0.1) is 0 Å². The van der Waals surface area contributed by atoms with Crippen molar-refractivity contribution in [3.8, 4) is 5.88 Å². The molecule has 0 atom stereocenters. The normalized spacial score (nSPS) is 11.8. The van der Waals surface area contributed by atoms with Crippen LogP contribution in [0.1, 0.15) is 0 Å². The van der Waals surface area contributed by atoms with Crippen molar-refractivity contribution in [3.63, 3.8) is 0 Å². The minimum atomic E-state index is -3.46. The second-order valence-electron chi connectivity index (χ2n) is 3.47. The summed E-state index contributed by atoms with van der Waals surface area (Å²) in [4.78, 5) is 4.05. The molecule has 0 aliphatic heterocycles. The number of rotatable bonds is 6. The van der Waals surface area contributed by atoms with Crippen LogP contribution in [0.4, 0.5) is 0 Å². The number of pyridine rings is 1. The molecule has 0 unspecified atom stereocenters. The van der Waals surface area contributed by atoms with E-state index in [2.05, 4.69) is 10.3 Å². The van der Waals surface area contributed by atoms with E-state index in [1.807, 2.05) is 0 Å². The van der Waals surface area contributed by atoms with Gasteiger partial charge in [0.15, 0.2) is 0 Å². The van der Waals surface area contributed by atoms with Gasteiger partial charge in [-0.1, -0.05) is 0 Å². The summed E-state index contributed by atoms with van der Waals surface area (Å²) in [5, 5.41) is 2.90. The summed E-state index contributed by atoms with van der Waals surface area (Å²) in [6.07, 6.45) is 1.30. The largest absolute Gasteiger partial charge is 0.481 e. The fourth-order valence-corrected chi connectivity index (χ4v) is 2.33. The van der Waals surface area contributed by atoms with E-state index in [9.17, 15) is 8.42 Å². The predicted molar refractivity (Wildman–Crippen MR) is 64.5 cm³/mol. The van der Waals surface area contributed by atoms with Gasteiger partial charge in [0.2, 0.25) is 15.9 Å². The number of sulfonamides is 1. The quantitative estimate of drug-likeness (QED) is 0.774. The lowest BCUT2D eigenvalue weighted by Crippen LogP contribution is -2.32. The van der Waals surface area contributed by atoms with Gasteiger partial charge in [-0.2, -0.15) is 4.31 Å². The minimum absolute atomic E-state index is 0.164. The molecule has 0 aromatic carbocycles. The molecule has 0 bridgehead atoms. The monoisotopic (exact) mass is 259 g/mol. The minimum Gasteiger partial charge on any atom is -0.481 e. The van der Waals surface area contributed by atoms with Gasteiger partial charge in [-0.15, -0.1) is 0 Å². The topological polar surface area (TPSA) is 71.5 Å². The molecule has 0 spiro atoms. The Hall–Kier alpha value is -1.18. The van der Waals surface area contributed by atoms with Crippen molar-refractivity contribution < 1.29 is 13.2 Å². The number of hydrogen-bond donors (Lipinski definition) is 1. The van der Waals surface area contributed by atoms with Crippen molar-refractivity contribution in [2.45, 2.75) is 4.90 Å². The van der Waals surface area contributed by atoms with Crippen molar-refractivity contribution in [2.24, 2.45) is 0 Å². The van der Waals surface area contributed by atoms with Gasteiger partial charge < -0.3 is 10.1 Å². The van der Waals surface area contributed by atoms with Crippen LogP contribution in [0.5, 0.6) is 5.88 Å². The van der Waals surface area contributed by atoms with Crippen LogP contribution in [0.15, 0.2) is 23.2 Å². The van der Waals surface area contributed by atoms with Gasteiger partial charge in [0.05, 0.1) is 13.3 Å². The van der Waals surface area contributed by atoms with E-state index in [4.69, 9.17) is 4.74 Å². The molecule has 0 fully saturated rings. The summed E-state index contributed by atoms with van der Waals surface area (Å²) in [5.74, 6) is 0.391. The molecule has 0 amide bonds. The van der Waals surface area contributed by atoms with Crippen molar-refractivity contribution >= 4 is 10.0 Å². The Morgan fingerprint density at radius 1 is 1.47 bits per heavy atom. The molecule has 1 aromatic heterocycles. The number of ether oxygens (including phenoxy) is 1. The van der Waals surface area contributed by atoms with Crippen LogP contribution in [-0.4, -0.2) is 52.0 Å². The first kappa shape index (κ1) is 13.9. The maximum Gasteiger partial charge on any atom is 0.244 e. The molecular formula is C10H17N3O3S. The van der Waals surface area contributed by atoms with Crippen LogP contribution in [0.2, 0.25) is 0 Å². The molecule has 6 nitrogen and oxygen atoms in total. The van der Waals surface area contributed by atoms with Crippen LogP contribution in [-0.2, 0) is 10.0 Å². The third-order valence-corrected chi connectivity index (χ3v) is 4.14. The average molecular weight is 259 g/mol. The van der Waals surface area contributed by atoms with Crippen LogP contribution in [0.3, 0.4) is 0 Å². The molecule has 0 saturated carbocycles. The summed E-state index contributed by atoms with van der Waals surface area (Å²) < 4.78 is 30.3. The molecule has 1 heterocycles. The smallest absolute Gasteiger partial charge is 0.244 e.